The van der Waals surface area contributed by atoms with E-state index >= 15 is 0 Å². The molecule has 3 rings (SSSR count). The minimum Gasteiger partial charge on any atom is -0.493 e. The zero-order valence-electron chi connectivity index (χ0n) is 12.5. The molecule has 5 heteroatoms. The lowest BCUT2D eigenvalue weighted by molar-refractivity contribution is 0.102. The zero-order valence-corrected chi connectivity index (χ0v) is 13.3. The zero-order chi connectivity index (χ0) is 15.7. The molecule has 0 saturated carbocycles. The topological polar surface area (TPSA) is 41.6 Å². The lowest BCUT2D eigenvalue weighted by Gasteiger charge is -2.18. The quantitative estimate of drug-likeness (QED) is 0.941. The number of amides is 1. The summed E-state index contributed by atoms with van der Waals surface area (Å²) in [5, 5.41) is 3.52. The number of ether oxygens (including phenoxy) is 1. The molecule has 0 aromatic heterocycles. The summed E-state index contributed by atoms with van der Waals surface area (Å²) in [5.41, 5.74) is 3.29. The van der Waals surface area contributed by atoms with Gasteiger partial charge in [-0.3, -0.25) is 4.79 Å². The molecule has 0 fully saturated rings. The second-order valence-electron chi connectivity index (χ2n) is 5.43. The van der Waals surface area contributed by atoms with Crippen molar-refractivity contribution < 1.29 is 9.53 Å². The summed E-state index contributed by atoms with van der Waals surface area (Å²) in [6.07, 6.45) is 0.844. The molecule has 0 atom stereocenters. The van der Waals surface area contributed by atoms with Crippen LogP contribution in [0.25, 0.3) is 0 Å². The predicted molar refractivity (Wildman–Crippen MR) is 89.4 cm³/mol. The molecule has 114 valence electrons. The van der Waals surface area contributed by atoms with E-state index in [0.29, 0.717) is 22.9 Å². The van der Waals surface area contributed by atoms with Crippen molar-refractivity contribution in [2.24, 2.45) is 0 Å². The van der Waals surface area contributed by atoms with Crippen LogP contribution in [0.3, 0.4) is 0 Å². The Kier molecular flexibility index (Phi) is 3.94. The van der Waals surface area contributed by atoms with Gasteiger partial charge in [-0.15, -0.1) is 0 Å². The summed E-state index contributed by atoms with van der Waals surface area (Å²) in [5.74, 6) is 0.716. The summed E-state index contributed by atoms with van der Waals surface area (Å²) < 4.78 is 5.46. The third-order valence-corrected chi connectivity index (χ3v) is 3.88. The molecule has 4 nitrogen and oxygen atoms in total. The summed E-state index contributed by atoms with van der Waals surface area (Å²) >= 11 is 6.04. The number of carbonyl (C=O) groups is 1. The molecular weight excluding hydrogens is 300 g/mol. The molecule has 1 heterocycles. The van der Waals surface area contributed by atoms with Crippen molar-refractivity contribution in [1.82, 2.24) is 0 Å². The van der Waals surface area contributed by atoms with E-state index in [1.54, 1.807) is 18.2 Å². The van der Waals surface area contributed by atoms with Crippen LogP contribution in [0.4, 0.5) is 11.4 Å². The second kappa shape index (κ2) is 5.89. The molecular formula is C17H17ClN2O2. The third-order valence-electron chi connectivity index (χ3n) is 3.64. The molecule has 1 N–H and O–H groups in total. The van der Waals surface area contributed by atoms with Gasteiger partial charge >= 0.3 is 0 Å². The molecule has 1 aliphatic heterocycles. The second-order valence-corrected chi connectivity index (χ2v) is 5.87. The van der Waals surface area contributed by atoms with Gasteiger partial charge in [0, 0.05) is 31.1 Å². The first kappa shape index (κ1) is 14.7. The number of rotatable bonds is 3. The van der Waals surface area contributed by atoms with E-state index in [-0.39, 0.29) is 5.91 Å². The Balaban J connectivity index is 1.87. The molecule has 0 spiro atoms. The average Bonchev–Trinajstić information content (AvgIpc) is 2.94. The Bertz CT molecular complexity index is 729. The number of benzene rings is 2. The van der Waals surface area contributed by atoms with E-state index in [0.717, 1.165) is 23.4 Å². The number of nitrogens with one attached hydrogen (secondary N) is 1. The van der Waals surface area contributed by atoms with Crippen LogP contribution in [0.2, 0.25) is 5.02 Å². The molecule has 0 bridgehead atoms. The van der Waals surface area contributed by atoms with E-state index in [1.807, 2.05) is 37.2 Å². The molecule has 0 aliphatic carbocycles. The highest BCUT2D eigenvalue weighted by Gasteiger charge is 2.16. The van der Waals surface area contributed by atoms with Crippen molar-refractivity contribution in [3.8, 4) is 5.75 Å². The normalized spacial score (nSPS) is 12.5. The van der Waals surface area contributed by atoms with Gasteiger partial charge in [-0.1, -0.05) is 11.6 Å². The molecule has 0 saturated heterocycles. The number of hydrogen-bond acceptors (Lipinski definition) is 3. The Hall–Kier alpha value is -2.20. The number of carbonyl (C=O) groups excluding carboxylic acids is 1. The average molecular weight is 317 g/mol. The van der Waals surface area contributed by atoms with Gasteiger partial charge in [0.1, 0.15) is 5.75 Å². The van der Waals surface area contributed by atoms with Crippen molar-refractivity contribution in [1.29, 1.82) is 0 Å². The first-order valence-electron chi connectivity index (χ1n) is 7.08. The number of fused-ring (bicyclic) bond motifs is 1. The lowest BCUT2D eigenvalue weighted by atomic mass is 10.1. The van der Waals surface area contributed by atoms with Crippen LogP contribution >= 0.6 is 11.6 Å². The predicted octanol–water partition coefficient (Wildman–Crippen LogP) is 3.59. The van der Waals surface area contributed by atoms with Crippen LogP contribution < -0.4 is 15.0 Å². The maximum Gasteiger partial charge on any atom is 0.255 e. The third kappa shape index (κ3) is 2.88. The van der Waals surface area contributed by atoms with Gasteiger partial charge in [0.15, 0.2) is 0 Å². The number of anilines is 2. The van der Waals surface area contributed by atoms with E-state index in [1.165, 1.54) is 0 Å². The van der Waals surface area contributed by atoms with Crippen LogP contribution in [0, 0.1) is 0 Å². The van der Waals surface area contributed by atoms with Gasteiger partial charge in [0.25, 0.3) is 5.91 Å². The van der Waals surface area contributed by atoms with Crippen molar-refractivity contribution in [3.63, 3.8) is 0 Å². The van der Waals surface area contributed by atoms with E-state index in [2.05, 4.69) is 5.32 Å². The summed E-state index contributed by atoms with van der Waals surface area (Å²) in [6, 6.07) is 11.0. The van der Waals surface area contributed by atoms with Crippen molar-refractivity contribution >= 4 is 28.9 Å². The van der Waals surface area contributed by atoms with Crippen LogP contribution in [0.1, 0.15) is 15.9 Å². The fourth-order valence-corrected chi connectivity index (χ4v) is 2.69. The number of hydrogen-bond donors (Lipinski definition) is 1. The van der Waals surface area contributed by atoms with Crippen LogP contribution in [-0.4, -0.2) is 26.6 Å². The van der Waals surface area contributed by atoms with Crippen LogP contribution in [0.5, 0.6) is 5.75 Å². The minimum absolute atomic E-state index is 0.153. The summed E-state index contributed by atoms with van der Waals surface area (Å²) in [6.45, 7) is 0.680. The van der Waals surface area contributed by atoms with Crippen molar-refractivity contribution in [2.45, 2.75) is 6.42 Å². The fourth-order valence-electron chi connectivity index (χ4n) is 2.52. The molecule has 0 unspecified atom stereocenters. The van der Waals surface area contributed by atoms with Crippen molar-refractivity contribution in [3.05, 3.63) is 52.5 Å². The number of halogens is 1. The molecule has 2 aromatic carbocycles. The smallest absolute Gasteiger partial charge is 0.255 e. The van der Waals surface area contributed by atoms with Crippen LogP contribution in [-0.2, 0) is 6.42 Å². The summed E-state index contributed by atoms with van der Waals surface area (Å²) in [7, 11) is 3.84. The van der Waals surface area contributed by atoms with E-state index in [4.69, 9.17) is 16.3 Å². The van der Waals surface area contributed by atoms with Gasteiger partial charge in [0.05, 0.1) is 18.0 Å². The van der Waals surface area contributed by atoms with Gasteiger partial charge in [-0.2, -0.15) is 0 Å². The van der Waals surface area contributed by atoms with Gasteiger partial charge in [-0.25, -0.2) is 0 Å². The molecule has 2 aromatic rings. The van der Waals surface area contributed by atoms with E-state index < -0.39 is 0 Å². The minimum atomic E-state index is -0.153. The SMILES string of the molecule is CN(C)c1ccc(Cl)cc1NC(=O)c1ccc2c(c1)CCO2. The Morgan fingerprint density at radius 3 is 2.82 bits per heavy atom. The lowest BCUT2D eigenvalue weighted by Crippen LogP contribution is -2.16. The van der Waals surface area contributed by atoms with Gasteiger partial charge < -0.3 is 15.0 Å². The highest BCUT2D eigenvalue weighted by molar-refractivity contribution is 6.31. The number of nitrogens with zero attached hydrogens (tertiary/aromatic N) is 1. The first-order valence-corrected chi connectivity index (χ1v) is 7.46. The molecule has 22 heavy (non-hydrogen) atoms. The monoisotopic (exact) mass is 316 g/mol. The van der Waals surface area contributed by atoms with Gasteiger partial charge in [-0.05, 0) is 42.0 Å². The Morgan fingerprint density at radius 2 is 2.05 bits per heavy atom. The summed E-state index contributed by atoms with van der Waals surface area (Å²) in [4.78, 5) is 14.4. The van der Waals surface area contributed by atoms with Crippen LogP contribution in [0.15, 0.2) is 36.4 Å². The first-order chi connectivity index (χ1) is 10.5. The Labute approximate surface area is 134 Å². The van der Waals surface area contributed by atoms with Crippen molar-refractivity contribution in [2.75, 3.05) is 30.9 Å². The largest absolute Gasteiger partial charge is 0.493 e. The maximum atomic E-state index is 12.5. The Morgan fingerprint density at radius 1 is 1.23 bits per heavy atom. The molecule has 0 radical (unpaired) electrons. The maximum absolute atomic E-state index is 12.5. The molecule has 1 aliphatic rings. The van der Waals surface area contributed by atoms with Gasteiger partial charge in [0.2, 0.25) is 0 Å². The highest BCUT2D eigenvalue weighted by Crippen LogP contribution is 2.29. The molecule has 1 amide bonds. The van der Waals surface area contributed by atoms with E-state index in [9.17, 15) is 4.79 Å². The standard InChI is InChI=1S/C17H17ClN2O2/c1-20(2)15-5-4-13(18)10-14(15)19-17(21)12-3-6-16-11(9-12)7-8-22-16/h3-6,9-10H,7-8H2,1-2H3,(H,19,21). The fraction of sp³-hybridized carbons (Fsp3) is 0.235. The highest BCUT2D eigenvalue weighted by atomic mass is 35.5.